The molecule has 0 aliphatic carbocycles. The van der Waals surface area contributed by atoms with Crippen LogP contribution in [0.4, 0.5) is 0 Å². The molecule has 1 aromatic rings. The number of hydrogen-bond donors (Lipinski definition) is 3. The number of nitrogens with zero attached hydrogens (tertiary/aromatic N) is 1. The molecule has 1 saturated heterocycles. The van der Waals surface area contributed by atoms with Gasteiger partial charge in [0.05, 0.1) is 6.61 Å². The third-order valence-corrected chi connectivity index (χ3v) is 6.53. The lowest BCUT2D eigenvalue weighted by atomic mass is 10.1. The SMILES string of the molecule is CCCCCCCCCCCCCCO[C@H]1C(O[P+](=O)O)[C@@H](CO)O[C@H]1n1ccc(=O)[nH]c1=O. The molecule has 2 unspecified atom stereocenters. The maximum atomic E-state index is 12.2. The van der Waals surface area contributed by atoms with Gasteiger partial charge in [-0.25, -0.2) is 4.79 Å². The fraction of sp³-hybridized carbons (Fsp3) is 0.826. The summed E-state index contributed by atoms with van der Waals surface area (Å²) in [5.74, 6) is 0. The van der Waals surface area contributed by atoms with Crippen molar-refractivity contribution in [3.8, 4) is 0 Å². The van der Waals surface area contributed by atoms with Gasteiger partial charge in [0, 0.05) is 23.4 Å². The Morgan fingerprint density at radius 3 is 2.12 bits per heavy atom. The van der Waals surface area contributed by atoms with Crippen molar-refractivity contribution < 1.29 is 28.6 Å². The molecule has 0 spiro atoms. The van der Waals surface area contributed by atoms with E-state index >= 15 is 0 Å². The molecule has 5 atom stereocenters. The summed E-state index contributed by atoms with van der Waals surface area (Å²) in [5, 5.41) is 9.65. The predicted molar refractivity (Wildman–Crippen MR) is 128 cm³/mol. The Morgan fingerprint density at radius 1 is 1.00 bits per heavy atom. The van der Waals surface area contributed by atoms with Gasteiger partial charge in [-0.2, -0.15) is 0 Å². The first-order chi connectivity index (χ1) is 16.5. The van der Waals surface area contributed by atoms with E-state index in [1.165, 1.54) is 70.1 Å². The highest BCUT2D eigenvalue weighted by Crippen LogP contribution is 2.37. The Bertz CT molecular complexity index is 830. The number of nitrogens with one attached hydrogen (secondary N) is 1. The van der Waals surface area contributed by atoms with Crippen LogP contribution >= 0.6 is 8.25 Å². The average Bonchev–Trinajstić information content (AvgIpc) is 3.13. The normalized spacial score (nSPS) is 22.9. The van der Waals surface area contributed by atoms with Gasteiger partial charge in [0.2, 0.25) is 0 Å². The van der Waals surface area contributed by atoms with Crippen LogP contribution in [0.1, 0.15) is 90.2 Å². The largest absolute Gasteiger partial charge is 0.695 e. The lowest BCUT2D eigenvalue weighted by Gasteiger charge is -2.22. The number of aliphatic hydroxyl groups is 1. The molecule has 2 heterocycles. The quantitative estimate of drug-likeness (QED) is 0.204. The Labute approximate surface area is 201 Å². The maximum absolute atomic E-state index is 12.2. The van der Waals surface area contributed by atoms with Crippen molar-refractivity contribution in [2.75, 3.05) is 13.2 Å². The summed E-state index contributed by atoms with van der Waals surface area (Å²) in [6, 6.07) is 1.17. The van der Waals surface area contributed by atoms with E-state index in [2.05, 4.69) is 11.9 Å². The maximum Gasteiger partial charge on any atom is 0.695 e. The molecule has 0 bridgehead atoms. The van der Waals surface area contributed by atoms with Crippen LogP contribution < -0.4 is 11.2 Å². The van der Waals surface area contributed by atoms with E-state index in [1.54, 1.807) is 0 Å². The molecule has 34 heavy (non-hydrogen) atoms. The van der Waals surface area contributed by atoms with Gasteiger partial charge in [-0.05, 0) is 6.42 Å². The highest BCUT2D eigenvalue weighted by Gasteiger charge is 2.51. The Kier molecular flexibility index (Phi) is 13.8. The van der Waals surface area contributed by atoms with Crippen LogP contribution in [0.15, 0.2) is 21.9 Å². The molecule has 2 rings (SSSR count). The second-order valence-electron chi connectivity index (χ2n) is 8.80. The zero-order chi connectivity index (χ0) is 24.8. The lowest BCUT2D eigenvalue weighted by Crippen LogP contribution is -2.40. The number of aliphatic hydroxyl groups excluding tert-OH is 1. The highest BCUT2D eigenvalue weighted by molar-refractivity contribution is 7.32. The molecule has 3 N–H and O–H groups in total. The number of aromatic amines is 1. The van der Waals surface area contributed by atoms with Crippen molar-refractivity contribution in [1.82, 2.24) is 9.55 Å². The van der Waals surface area contributed by atoms with Gasteiger partial charge in [-0.1, -0.05) is 77.6 Å². The number of hydrogen-bond acceptors (Lipinski definition) is 7. The van der Waals surface area contributed by atoms with Crippen LogP contribution in [-0.4, -0.2) is 51.1 Å². The van der Waals surface area contributed by atoms with Gasteiger partial charge >= 0.3 is 13.9 Å². The number of unbranched alkanes of at least 4 members (excludes halogenated alkanes) is 11. The van der Waals surface area contributed by atoms with E-state index in [-0.39, 0.29) is 0 Å². The zero-order valence-corrected chi connectivity index (χ0v) is 21.0. The van der Waals surface area contributed by atoms with E-state index in [4.69, 9.17) is 14.0 Å². The van der Waals surface area contributed by atoms with Crippen molar-refractivity contribution >= 4 is 8.25 Å². The van der Waals surface area contributed by atoms with E-state index < -0.39 is 50.7 Å². The molecule has 1 aliphatic rings. The first-order valence-corrected chi connectivity index (χ1v) is 13.6. The third kappa shape index (κ3) is 9.68. The minimum atomic E-state index is -2.97. The van der Waals surface area contributed by atoms with Gasteiger partial charge in [0.1, 0.15) is 12.2 Å². The van der Waals surface area contributed by atoms with Crippen LogP contribution in [0.5, 0.6) is 0 Å². The Morgan fingerprint density at radius 2 is 1.59 bits per heavy atom. The first kappa shape index (κ1) is 28.8. The van der Waals surface area contributed by atoms with Crippen molar-refractivity contribution in [2.24, 2.45) is 0 Å². The number of aromatic nitrogens is 2. The molecule has 10 nitrogen and oxygen atoms in total. The molecule has 194 valence electrons. The van der Waals surface area contributed by atoms with E-state index in [0.29, 0.717) is 6.61 Å². The molecule has 0 amide bonds. The van der Waals surface area contributed by atoms with Crippen LogP contribution in [0.25, 0.3) is 0 Å². The van der Waals surface area contributed by atoms with Crippen LogP contribution in [0.2, 0.25) is 0 Å². The molecular formula is C23H40N2O8P+. The average molecular weight is 504 g/mol. The number of ether oxygens (including phenoxy) is 2. The van der Waals surface area contributed by atoms with E-state index in [0.717, 1.165) is 23.8 Å². The molecule has 1 aliphatic heterocycles. The molecule has 0 saturated carbocycles. The lowest BCUT2D eigenvalue weighted by molar-refractivity contribution is -0.0744. The van der Waals surface area contributed by atoms with Crippen molar-refractivity contribution in [3.63, 3.8) is 0 Å². The van der Waals surface area contributed by atoms with Crippen molar-refractivity contribution in [3.05, 3.63) is 33.1 Å². The smallest absolute Gasteiger partial charge is 0.394 e. The van der Waals surface area contributed by atoms with Gasteiger partial charge in [0.25, 0.3) is 5.56 Å². The summed E-state index contributed by atoms with van der Waals surface area (Å²) in [7, 11) is -2.97. The minimum Gasteiger partial charge on any atom is -0.394 e. The Balaban J connectivity index is 1.79. The second kappa shape index (κ2) is 16.3. The number of H-pyrrole nitrogens is 1. The standard InChI is InChI=1S/C23H39N2O8P/c1-2-3-4-5-6-7-8-9-10-11-12-13-16-31-21-20(33-34(29)30)18(17-26)32-22(21)25-15-14-19(27)24-23(25)28/h14-15,18,20-22,26H,2-13,16-17H2,1H3,(H-,24,27,28,29,30)/p+1/t18-,20?,21+,22-/m1/s1. The summed E-state index contributed by atoms with van der Waals surface area (Å²) in [6.07, 6.45) is 11.8. The fourth-order valence-electron chi connectivity index (χ4n) is 4.28. The summed E-state index contributed by atoms with van der Waals surface area (Å²) in [6.45, 7) is 2.09. The minimum absolute atomic E-state index is 0.347. The van der Waals surface area contributed by atoms with Crippen LogP contribution in [0.3, 0.4) is 0 Å². The summed E-state index contributed by atoms with van der Waals surface area (Å²) < 4.78 is 29.2. The molecular weight excluding hydrogens is 463 g/mol. The number of rotatable bonds is 18. The van der Waals surface area contributed by atoms with E-state index in [9.17, 15) is 24.2 Å². The zero-order valence-electron chi connectivity index (χ0n) is 20.1. The van der Waals surface area contributed by atoms with Crippen molar-refractivity contribution in [1.29, 1.82) is 0 Å². The van der Waals surface area contributed by atoms with Crippen LogP contribution in [0, 0.1) is 0 Å². The fourth-order valence-corrected chi connectivity index (χ4v) is 4.74. The van der Waals surface area contributed by atoms with Gasteiger partial charge in [-0.3, -0.25) is 14.3 Å². The first-order valence-electron chi connectivity index (χ1n) is 12.5. The molecule has 1 fully saturated rings. The monoisotopic (exact) mass is 503 g/mol. The Hall–Kier alpha value is -1.42. The van der Waals surface area contributed by atoms with Crippen LogP contribution in [-0.2, 0) is 18.6 Å². The second-order valence-corrected chi connectivity index (χ2v) is 9.48. The van der Waals surface area contributed by atoms with E-state index in [1.807, 2.05) is 0 Å². The summed E-state index contributed by atoms with van der Waals surface area (Å²) >= 11 is 0. The molecule has 0 radical (unpaired) electrons. The molecule has 0 aromatic carbocycles. The summed E-state index contributed by atoms with van der Waals surface area (Å²) in [5.41, 5.74) is -1.26. The predicted octanol–water partition coefficient (Wildman–Crippen LogP) is 3.55. The van der Waals surface area contributed by atoms with Crippen molar-refractivity contribution in [2.45, 2.75) is 109 Å². The van der Waals surface area contributed by atoms with Gasteiger partial charge < -0.3 is 14.6 Å². The molecule has 11 heteroatoms. The highest BCUT2D eigenvalue weighted by atomic mass is 31.1. The summed E-state index contributed by atoms with van der Waals surface area (Å²) in [4.78, 5) is 35.0. The topological polar surface area (TPSA) is 140 Å². The molecule has 1 aromatic heterocycles. The van der Waals surface area contributed by atoms with Gasteiger partial charge in [-0.15, -0.1) is 9.42 Å². The van der Waals surface area contributed by atoms with Gasteiger partial charge in [0.15, 0.2) is 12.3 Å². The third-order valence-electron chi connectivity index (χ3n) is 6.11.